The number of alkyl halides is 3. The number of thiophene rings is 1. The third kappa shape index (κ3) is 5.20. The number of nitrogens with two attached hydrogens (primary N) is 2. The Hall–Kier alpha value is -3.09. The molecule has 2 aromatic heterocycles. The molecule has 1 aliphatic rings. The molecule has 0 bridgehead atoms. The van der Waals surface area contributed by atoms with Crippen LogP contribution in [0.1, 0.15) is 45.3 Å². The maximum Gasteiger partial charge on any atom is 0.417 e. The summed E-state index contributed by atoms with van der Waals surface area (Å²) in [6, 6.07) is 6.63. The molecule has 1 unspecified atom stereocenters. The number of aliphatic hydroxyl groups excluding tert-OH is 1. The molecule has 4 rings (SSSR count). The molecule has 0 radical (unpaired) electrons. The lowest BCUT2D eigenvalue weighted by Crippen LogP contribution is -2.44. The number of fused-ring (bicyclic) bond motifs is 1. The van der Waals surface area contributed by atoms with Gasteiger partial charge >= 0.3 is 6.18 Å². The molecule has 36 heavy (non-hydrogen) atoms. The van der Waals surface area contributed by atoms with Crippen LogP contribution in [-0.2, 0) is 6.18 Å². The second-order valence-electron chi connectivity index (χ2n) is 8.83. The molecule has 3 heterocycles. The van der Waals surface area contributed by atoms with Crippen LogP contribution in [-0.4, -0.2) is 48.8 Å². The molecule has 194 valence electrons. The summed E-state index contributed by atoms with van der Waals surface area (Å²) in [7, 11) is 1.58. The molecule has 1 aromatic carbocycles. The summed E-state index contributed by atoms with van der Waals surface area (Å²) in [6.45, 7) is 3.22. The number of aromatic nitrogens is 1. The number of piperidine rings is 1. The Kier molecular flexibility index (Phi) is 7.30. The van der Waals surface area contributed by atoms with Gasteiger partial charge in [-0.1, -0.05) is 12.1 Å². The standard InChI is InChI=1S/C24H28F3N5O3S/c1-12-3-4-13(9-17(12)35-2)16(33)11-30-14-5-7-32(8-6-14)18-10-15(24(25,26)27)19-20(28)21(22(29)34)36-23(19)31-18/h3-4,9-10,14,16,30,33H,5-8,11,28H2,1-2H3,(H2,29,34). The van der Waals surface area contributed by atoms with Crippen molar-refractivity contribution in [2.24, 2.45) is 5.73 Å². The lowest BCUT2D eigenvalue weighted by Gasteiger charge is -2.34. The largest absolute Gasteiger partial charge is 0.496 e. The minimum Gasteiger partial charge on any atom is -0.496 e. The van der Waals surface area contributed by atoms with E-state index in [0.29, 0.717) is 38.2 Å². The maximum absolute atomic E-state index is 13.8. The number of nitrogens with zero attached hydrogens (tertiary/aromatic N) is 2. The Morgan fingerprint density at radius 3 is 2.64 bits per heavy atom. The van der Waals surface area contributed by atoms with E-state index in [2.05, 4.69) is 10.3 Å². The lowest BCUT2D eigenvalue weighted by molar-refractivity contribution is -0.136. The smallest absolute Gasteiger partial charge is 0.417 e. The Labute approximate surface area is 210 Å². The third-order valence-corrected chi connectivity index (χ3v) is 7.56. The lowest BCUT2D eigenvalue weighted by atomic mass is 10.0. The van der Waals surface area contributed by atoms with Crippen molar-refractivity contribution in [3.05, 3.63) is 45.8 Å². The second kappa shape index (κ2) is 10.1. The zero-order valence-corrected chi connectivity index (χ0v) is 20.7. The summed E-state index contributed by atoms with van der Waals surface area (Å²) < 4.78 is 46.9. The monoisotopic (exact) mass is 523 g/mol. The summed E-state index contributed by atoms with van der Waals surface area (Å²) >= 11 is 0.767. The number of benzene rings is 1. The van der Waals surface area contributed by atoms with Gasteiger partial charge < -0.3 is 31.5 Å². The molecule has 0 aliphatic carbocycles. The molecular formula is C24H28F3N5O3S. The predicted octanol–water partition coefficient (Wildman–Crippen LogP) is 3.61. The SMILES string of the molecule is COc1cc(C(O)CNC2CCN(c3cc(C(F)(F)F)c4c(N)c(C(N)=O)sc4n3)CC2)ccc1C. The van der Waals surface area contributed by atoms with E-state index in [4.69, 9.17) is 16.2 Å². The normalized spacial score (nSPS) is 15.9. The molecule has 1 amide bonds. The van der Waals surface area contributed by atoms with Crippen molar-refractivity contribution in [2.75, 3.05) is 37.4 Å². The van der Waals surface area contributed by atoms with Crippen LogP contribution < -0.4 is 26.4 Å². The molecule has 1 saturated heterocycles. The molecular weight excluding hydrogens is 495 g/mol. The summed E-state index contributed by atoms with van der Waals surface area (Å²) in [4.78, 5) is 17.7. The van der Waals surface area contributed by atoms with Crippen molar-refractivity contribution in [2.45, 2.75) is 38.1 Å². The van der Waals surface area contributed by atoms with Gasteiger partial charge in [-0.2, -0.15) is 13.2 Å². The number of amides is 1. The minimum atomic E-state index is -4.67. The van der Waals surface area contributed by atoms with Gasteiger partial charge in [-0.25, -0.2) is 4.98 Å². The number of hydrogen-bond donors (Lipinski definition) is 4. The van der Waals surface area contributed by atoms with Crippen LogP contribution in [0.4, 0.5) is 24.7 Å². The predicted molar refractivity (Wildman–Crippen MR) is 133 cm³/mol. The highest BCUT2D eigenvalue weighted by molar-refractivity contribution is 7.21. The van der Waals surface area contributed by atoms with Crippen molar-refractivity contribution in [1.82, 2.24) is 10.3 Å². The van der Waals surface area contributed by atoms with Crippen molar-refractivity contribution >= 4 is 39.0 Å². The molecule has 1 fully saturated rings. The summed E-state index contributed by atoms with van der Waals surface area (Å²) in [5.41, 5.74) is 11.6. The number of primary amides is 1. The van der Waals surface area contributed by atoms with Crippen LogP contribution >= 0.6 is 11.3 Å². The number of halogens is 3. The van der Waals surface area contributed by atoms with E-state index in [1.807, 2.05) is 25.1 Å². The number of nitrogens with one attached hydrogen (secondary N) is 1. The highest BCUT2D eigenvalue weighted by Gasteiger charge is 2.37. The van der Waals surface area contributed by atoms with Crippen molar-refractivity contribution in [3.8, 4) is 5.75 Å². The molecule has 0 saturated carbocycles. The van der Waals surface area contributed by atoms with Gasteiger partial charge in [-0.3, -0.25) is 4.79 Å². The Balaban J connectivity index is 1.45. The summed E-state index contributed by atoms with van der Waals surface area (Å²) in [5.74, 6) is -0.00124. The number of pyridine rings is 1. The van der Waals surface area contributed by atoms with E-state index in [0.717, 1.165) is 28.5 Å². The number of nitrogen functional groups attached to an aromatic ring is 1. The van der Waals surface area contributed by atoms with Crippen LogP contribution in [0.5, 0.6) is 5.75 Å². The first kappa shape index (κ1) is 26.0. The fraction of sp³-hybridized carbons (Fsp3) is 0.417. The van der Waals surface area contributed by atoms with Gasteiger partial charge in [-0.05, 0) is 43.0 Å². The van der Waals surface area contributed by atoms with Crippen LogP contribution in [0.15, 0.2) is 24.3 Å². The number of ether oxygens (including phenoxy) is 1. The van der Waals surface area contributed by atoms with Crippen molar-refractivity contribution in [3.63, 3.8) is 0 Å². The quantitative estimate of drug-likeness (QED) is 0.373. The van der Waals surface area contributed by atoms with E-state index in [-0.39, 0.29) is 32.6 Å². The van der Waals surface area contributed by atoms with Gasteiger partial charge in [0.2, 0.25) is 0 Å². The van der Waals surface area contributed by atoms with Gasteiger partial charge in [-0.15, -0.1) is 11.3 Å². The highest BCUT2D eigenvalue weighted by Crippen LogP contribution is 2.43. The Morgan fingerprint density at radius 2 is 2.03 bits per heavy atom. The van der Waals surface area contributed by atoms with Gasteiger partial charge in [0, 0.05) is 31.1 Å². The average Bonchev–Trinajstić information content (AvgIpc) is 3.18. The van der Waals surface area contributed by atoms with Gasteiger partial charge in [0.05, 0.1) is 24.5 Å². The van der Waals surface area contributed by atoms with E-state index in [1.54, 1.807) is 12.0 Å². The number of carbonyl (C=O) groups excluding carboxylic acids is 1. The van der Waals surface area contributed by atoms with Crippen LogP contribution in [0, 0.1) is 6.92 Å². The first-order chi connectivity index (χ1) is 17.0. The third-order valence-electron chi connectivity index (χ3n) is 6.45. The fourth-order valence-electron chi connectivity index (χ4n) is 4.43. The molecule has 1 aliphatic heterocycles. The summed E-state index contributed by atoms with van der Waals surface area (Å²) in [6.07, 6.45) is -4.08. The summed E-state index contributed by atoms with van der Waals surface area (Å²) in [5, 5.41) is 13.6. The molecule has 6 N–H and O–H groups in total. The Morgan fingerprint density at radius 1 is 1.33 bits per heavy atom. The maximum atomic E-state index is 13.8. The molecule has 12 heteroatoms. The molecule has 1 atom stereocenters. The van der Waals surface area contributed by atoms with E-state index in [1.165, 1.54) is 0 Å². The van der Waals surface area contributed by atoms with Gasteiger partial charge in [0.15, 0.2) is 0 Å². The van der Waals surface area contributed by atoms with Crippen LogP contribution in [0.2, 0.25) is 0 Å². The number of rotatable bonds is 7. The van der Waals surface area contributed by atoms with E-state index >= 15 is 0 Å². The number of anilines is 2. The van der Waals surface area contributed by atoms with Gasteiger partial charge in [0.1, 0.15) is 21.3 Å². The van der Waals surface area contributed by atoms with Gasteiger partial charge in [0.25, 0.3) is 5.91 Å². The first-order valence-corrected chi connectivity index (χ1v) is 12.2. The molecule has 0 spiro atoms. The van der Waals surface area contributed by atoms with Crippen molar-refractivity contribution in [1.29, 1.82) is 0 Å². The number of carbonyl (C=O) groups is 1. The van der Waals surface area contributed by atoms with E-state index in [9.17, 15) is 23.1 Å². The minimum absolute atomic E-state index is 0.0306. The number of methoxy groups -OCH3 is 1. The highest BCUT2D eigenvalue weighted by atomic mass is 32.1. The van der Waals surface area contributed by atoms with Crippen LogP contribution in [0.25, 0.3) is 10.2 Å². The van der Waals surface area contributed by atoms with Crippen LogP contribution in [0.3, 0.4) is 0 Å². The number of hydrogen-bond acceptors (Lipinski definition) is 8. The fourth-order valence-corrected chi connectivity index (χ4v) is 5.40. The number of aryl methyl sites for hydroxylation is 1. The average molecular weight is 524 g/mol. The topological polar surface area (TPSA) is 127 Å². The zero-order chi connectivity index (χ0) is 26.2. The zero-order valence-electron chi connectivity index (χ0n) is 19.9. The number of aliphatic hydroxyl groups is 1. The first-order valence-electron chi connectivity index (χ1n) is 11.4. The Bertz CT molecular complexity index is 1270. The van der Waals surface area contributed by atoms with Crippen molar-refractivity contribution < 1.29 is 27.8 Å². The second-order valence-corrected chi connectivity index (χ2v) is 9.83. The molecule has 8 nitrogen and oxygen atoms in total. The van der Waals surface area contributed by atoms with E-state index < -0.39 is 23.8 Å². The molecule has 3 aromatic rings.